The number of ether oxygens (including phenoxy) is 2. The average Bonchev–Trinajstić information content (AvgIpc) is 2.35. The van der Waals surface area contributed by atoms with Crippen LogP contribution in [-0.2, 0) is 6.54 Å². The van der Waals surface area contributed by atoms with Gasteiger partial charge in [-0.1, -0.05) is 11.6 Å². The van der Waals surface area contributed by atoms with E-state index in [1.165, 1.54) is 0 Å². The van der Waals surface area contributed by atoms with Gasteiger partial charge in [0.25, 0.3) is 0 Å². The van der Waals surface area contributed by atoms with Gasteiger partial charge in [-0.05, 0) is 37.6 Å². The minimum Gasteiger partial charge on any atom is -0.491 e. The molecule has 5 heteroatoms. The third kappa shape index (κ3) is 4.37. The van der Waals surface area contributed by atoms with Gasteiger partial charge in [0.05, 0.1) is 18.7 Å². The molecule has 18 heavy (non-hydrogen) atoms. The molecule has 0 aromatic heterocycles. The predicted octanol–water partition coefficient (Wildman–Crippen LogP) is 2.22. The van der Waals surface area contributed by atoms with E-state index in [1.807, 2.05) is 19.1 Å². The molecule has 1 aromatic rings. The molecule has 0 aliphatic carbocycles. The summed E-state index contributed by atoms with van der Waals surface area (Å²) in [7, 11) is 1.57. The second kappa shape index (κ2) is 8.19. The molecule has 1 rings (SSSR count). The van der Waals surface area contributed by atoms with Gasteiger partial charge < -0.3 is 19.9 Å². The van der Waals surface area contributed by atoms with Gasteiger partial charge in [-0.2, -0.15) is 0 Å². The summed E-state index contributed by atoms with van der Waals surface area (Å²) in [5, 5.41) is 12.5. The third-order valence-corrected chi connectivity index (χ3v) is 2.69. The summed E-state index contributed by atoms with van der Waals surface area (Å²) in [5.41, 5.74) is 1.03. The highest BCUT2D eigenvalue weighted by Gasteiger charge is 2.11. The molecule has 0 heterocycles. The second-order valence-electron chi connectivity index (χ2n) is 3.80. The van der Waals surface area contributed by atoms with Crippen molar-refractivity contribution in [2.45, 2.75) is 19.9 Å². The van der Waals surface area contributed by atoms with E-state index in [0.29, 0.717) is 29.7 Å². The van der Waals surface area contributed by atoms with Gasteiger partial charge in [-0.15, -0.1) is 0 Å². The summed E-state index contributed by atoms with van der Waals surface area (Å²) in [6, 6.07) is 3.77. The number of nitrogens with one attached hydrogen (secondary N) is 1. The molecule has 2 N–H and O–H groups in total. The standard InChI is InChI=1S/C13H20ClNO3/c1-3-18-12-8-10(9-15-5-4-6-16)7-11(14)13(12)17-2/h7-8,15-16H,3-6,9H2,1-2H3. The van der Waals surface area contributed by atoms with Crippen LogP contribution < -0.4 is 14.8 Å². The molecular weight excluding hydrogens is 254 g/mol. The fourth-order valence-corrected chi connectivity index (χ4v) is 1.93. The fourth-order valence-electron chi connectivity index (χ4n) is 1.62. The molecule has 0 amide bonds. The summed E-state index contributed by atoms with van der Waals surface area (Å²) in [6.07, 6.45) is 0.738. The molecule has 1 aromatic carbocycles. The Morgan fingerprint density at radius 2 is 2.17 bits per heavy atom. The topological polar surface area (TPSA) is 50.7 Å². The van der Waals surface area contributed by atoms with Crippen LogP contribution in [0.15, 0.2) is 12.1 Å². The number of benzene rings is 1. The maximum absolute atomic E-state index is 8.69. The monoisotopic (exact) mass is 273 g/mol. The van der Waals surface area contributed by atoms with Gasteiger partial charge in [0.15, 0.2) is 11.5 Å². The summed E-state index contributed by atoms with van der Waals surface area (Å²) in [6.45, 7) is 4.13. The molecule has 4 nitrogen and oxygen atoms in total. The van der Waals surface area contributed by atoms with Gasteiger partial charge in [-0.3, -0.25) is 0 Å². The Morgan fingerprint density at radius 1 is 1.39 bits per heavy atom. The van der Waals surface area contributed by atoms with Crippen LogP contribution in [0.5, 0.6) is 11.5 Å². The van der Waals surface area contributed by atoms with E-state index in [4.69, 9.17) is 26.2 Å². The van der Waals surface area contributed by atoms with E-state index < -0.39 is 0 Å². The number of hydrogen-bond acceptors (Lipinski definition) is 4. The van der Waals surface area contributed by atoms with Crippen LogP contribution in [0.1, 0.15) is 18.9 Å². The molecule has 0 spiro atoms. The van der Waals surface area contributed by atoms with Crippen molar-refractivity contribution < 1.29 is 14.6 Å². The molecule has 0 radical (unpaired) electrons. The Morgan fingerprint density at radius 3 is 2.78 bits per heavy atom. The van der Waals surface area contributed by atoms with Gasteiger partial charge >= 0.3 is 0 Å². The summed E-state index contributed by atoms with van der Waals surface area (Å²) in [5.74, 6) is 1.23. The Labute approximate surface area is 113 Å². The summed E-state index contributed by atoms with van der Waals surface area (Å²) < 4.78 is 10.7. The third-order valence-electron chi connectivity index (χ3n) is 2.41. The molecular formula is C13H20ClNO3. The lowest BCUT2D eigenvalue weighted by Gasteiger charge is -2.13. The number of aliphatic hydroxyl groups excluding tert-OH is 1. The molecule has 0 aliphatic rings. The highest BCUT2D eigenvalue weighted by Crippen LogP contribution is 2.36. The first-order chi connectivity index (χ1) is 8.72. The SMILES string of the molecule is CCOc1cc(CNCCCO)cc(Cl)c1OC. The van der Waals surface area contributed by atoms with Crippen molar-refractivity contribution >= 4 is 11.6 Å². The van der Waals surface area contributed by atoms with Crippen LogP contribution in [0.3, 0.4) is 0 Å². The zero-order chi connectivity index (χ0) is 13.4. The number of rotatable bonds is 8. The average molecular weight is 274 g/mol. The predicted molar refractivity (Wildman–Crippen MR) is 72.6 cm³/mol. The Hall–Kier alpha value is -0.970. The van der Waals surface area contributed by atoms with E-state index in [0.717, 1.165) is 18.5 Å². The van der Waals surface area contributed by atoms with Crippen molar-refractivity contribution in [3.63, 3.8) is 0 Å². The lowest BCUT2D eigenvalue weighted by molar-refractivity contribution is 0.286. The highest BCUT2D eigenvalue weighted by atomic mass is 35.5. The molecule has 0 atom stereocenters. The minimum atomic E-state index is 0.195. The number of hydrogen-bond donors (Lipinski definition) is 2. The van der Waals surface area contributed by atoms with Crippen molar-refractivity contribution in [2.75, 3.05) is 26.9 Å². The maximum Gasteiger partial charge on any atom is 0.179 e. The smallest absolute Gasteiger partial charge is 0.179 e. The van der Waals surface area contributed by atoms with E-state index in [1.54, 1.807) is 7.11 Å². The van der Waals surface area contributed by atoms with Crippen molar-refractivity contribution in [1.82, 2.24) is 5.32 Å². The molecule has 0 fully saturated rings. The highest BCUT2D eigenvalue weighted by molar-refractivity contribution is 6.32. The quantitative estimate of drug-likeness (QED) is 0.713. The zero-order valence-corrected chi connectivity index (χ0v) is 11.6. The molecule has 0 saturated heterocycles. The number of methoxy groups -OCH3 is 1. The lowest BCUT2D eigenvalue weighted by atomic mass is 10.2. The van der Waals surface area contributed by atoms with Gasteiger partial charge in [0.1, 0.15) is 0 Å². The van der Waals surface area contributed by atoms with E-state index in [-0.39, 0.29) is 6.61 Å². The van der Waals surface area contributed by atoms with Gasteiger partial charge in [0.2, 0.25) is 0 Å². The van der Waals surface area contributed by atoms with Crippen LogP contribution in [0.4, 0.5) is 0 Å². The van der Waals surface area contributed by atoms with E-state index in [9.17, 15) is 0 Å². The van der Waals surface area contributed by atoms with Gasteiger partial charge in [-0.25, -0.2) is 0 Å². The van der Waals surface area contributed by atoms with Crippen molar-refractivity contribution in [3.8, 4) is 11.5 Å². The number of halogens is 1. The molecule has 0 saturated carbocycles. The molecule has 0 unspecified atom stereocenters. The fraction of sp³-hybridized carbons (Fsp3) is 0.538. The first-order valence-corrected chi connectivity index (χ1v) is 6.41. The minimum absolute atomic E-state index is 0.195. The van der Waals surface area contributed by atoms with Crippen LogP contribution in [-0.4, -0.2) is 32.0 Å². The summed E-state index contributed by atoms with van der Waals surface area (Å²) in [4.78, 5) is 0. The lowest BCUT2D eigenvalue weighted by Crippen LogP contribution is -2.15. The van der Waals surface area contributed by atoms with Crippen LogP contribution in [0.2, 0.25) is 5.02 Å². The van der Waals surface area contributed by atoms with E-state index >= 15 is 0 Å². The second-order valence-corrected chi connectivity index (χ2v) is 4.20. The Balaban J connectivity index is 2.74. The molecule has 0 aliphatic heterocycles. The first kappa shape index (κ1) is 15.1. The van der Waals surface area contributed by atoms with Crippen LogP contribution in [0.25, 0.3) is 0 Å². The van der Waals surface area contributed by atoms with Gasteiger partial charge in [0, 0.05) is 13.2 Å². The van der Waals surface area contributed by atoms with Crippen LogP contribution in [0, 0.1) is 0 Å². The Bertz CT molecular complexity index is 371. The van der Waals surface area contributed by atoms with Crippen molar-refractivity contribution in [1.29, 1.82) is 0 Å². The summed E-state index contributed by atoms with van der Waals surface area (Å²) >= 11 is 6.14. The molecule has 0 bridgehead atoms. The van der Waals surface area contributed by atoms with Crippen LogP contribution >= 0.6 is 11.6 Å². The Kier molecular flexibility index (Phi) is 6.86. The maximum atomic E-state index is 8.69. The first-order valence-electron chi connectivity index (χ1n) is 6.03. The normalized spacial score (nSPS) is 10.4. The van der Waals surface area contributed by atoms with Crippen molar-refractivity contribution in [3.05, 3.63) is 22.7 Å². The number of aliphatic hydroxyl groups is 1. The largest absolute Gasteiger partial charge is 0.491 e. The van der Waals surface area contributed by atoms with E-state index in [2.05, 4.69) is 5.32 Å². The van der Waals surface area contributed by atoms with Crippen molar-refractivity contribution in [2.24, 2.45) is 0 Å². The molecule has 102 valence electrons. The zero-order valence-electron chi connectivity index (χ0n) is 10.8.